The second kappa shape index (κ2) is 7.78. The number of rotatable bonds is 6. The third-order valence-corrected chi connectivity index (χ3v) is 4.19. The predicted octanol–water partition coefficient (Wildman–Crippen LogP) is 2.93. The fraction of sp³-hybridized carbons (Fsp3) is 0.294. The van der Waals surface area contributed by atoms with Crippen molar-refractivity contribution in [3.63, 3.8) is 0 Å². The third-order valence-electron chi connectivity index (χ3n) is 3.31. The Kier molecular flexibility index (Phi) is 5.76. The Balaban J connectivity index is 1.92. The van der Waals surface area contributed by atoms with Crippen LogP contribution in [0.3, 0.4) is 0 Å². The van der Waals surface area contributed by atoms with Gasteiger partial charge in [-0.05, 0) is 43.0 Å². The summed E-state index contributed by atoms with van der Waals surface area (Å²) in [6.07, 6.45) is -0.866. The van der Waals surface area contributed by atoms with Gasteiger partial charge in [0.15, 0.2) is 6.10 Å². The lowest BCUT2D eigenvalue weighted by atomic mass is 10.1. The van der Waals surface area contributed by atoms with Crippen molar-refractivity contribution >= 4 is 23.2 Å². The zero-order chi connectivity index (χ0) is 16.8. The molecule has 0 bridgehead atoms. The highest BCUT2D eigenvalue weighted by atomic mass is 32.1. The van der Waals surface area contributed by atoms with E-state index in [1.165, 1.54) is 7.11 Å². The van der Waals surface area contributed by atoms with Crippen LogP contribution in [-0.2, 0) is 16.1 Å². The van der Waals surface area contributed by atoms with Crippen molar-refractivity contribution in [3.05, 3.63) is 51.7 Å². The standard InChI is InChI=1S/C17H19NO4S/c1-11-6-7-13(9-15(11)21-3)17(20)22-12(2)16(19)18-10-14-5-4-8-23-14/h4-9,12H,10H2,1-3H3,(H,18,19)/t12-/m0/s1. The number of ether oxygens (including phenoxy) is 2. The molecule has 1 aromatic heterocycles. The number of carbonyl (C=O) groups excluding carboxylic acids is 2. The molecule has 1 amide bonds. The van der Waals surface area contributed by atoms with Gasteiger partial charge in [-0.25, -0.2) is 4.79 Å². The Morgan fingerprint density at radius 2 is 2.09 bits per heavy atom. The predicted molar refractivity (Wildman–Crippen MR) is 88.8 cm³/mol. The molecule has 1 N–H and O–H groups in total. The molecule has 2 rings (SSSR count). The normalized spacial score (nSPS) is 11.6. The lowest BCUT2D eigenvalue weighted by molar-refractivity contribution is -0.129. The number of hydrogen-bond donors (Lipinski definition) is 1. The maximum absolute atomic E-state index is 12.1. The van der Waals surface area contributed by atoms with Gasteiger partial charge >= 0.3 is 5.97 Å². The summed E-state index contributed by atoms with van der Waals surface area (Å²) >= 11 is 1.56. The number of methoxy groups -OCH3 is 1. The van der Waals surface area contributed by atoms with Crippen LogP contribution in [0.5, 0.6) is 5.75 Å². The summed E-state index contributed by atoms with van der Waals surface area (Å²) in [5.41, 5.74) is 1.27. The van der Waals surface area contributed by atoms with Crippen molar-refractivity contribution in [1.29, 1.82) is 0 Å². The molecule has 1 atom stereocenters. The molecule has 0 fully saturated rings. The van der Waals surface area contributed by atoms with Gasteiger partial charge in [0.25, 0.3) is 5.91 Å². The molecule has 0 aliphatic rings. The number of aryl methyl sites for hydroxylation is 1. The first-order chi connectivity index (χ1) is 11.0. The smallest absolute Gasteiger partial charge is 0.339 e. The van der Waals surface area contributed by atoms with Crippen molar-refractivity contribution in [2.45, 2.75) is 26.5 Å². The van der Waals surface area contributed by atoms with E-state index < -0.39 is 12.1 Å². The fourth-order valence-electron chi connectivity index (χ4n) is 1.96. The zero-order valence-electron chi connectivity index (χ0n) is 13.3. The average molecular weight is 333 g/mol. The minimum Gasteiger partial charge on any atom is -0.496 e. The number of nitrogens with one attached hydrogen (secondary N) is 1. The molecule has 0 aliphatic carbocycles. The third kappa shape index (κ3) is 4.56. The number of esters is 1. The number of benzene rings is 1. The van der Waals surface area contributed by atoms with Gasteiger partial charge in [-0.3, -0.25) is 4.79 Å². The summed E-state index contributed by atoms with van der Waals surface area (Å²) in [7, 11) is 1.54. The van der Waals surface area contributed by atoms with Gasteiger partial charge in [-0.1, -0.05) is 12.1 Å². The van der Waals surface area contributed by atoms with Gasteiger partial charge in [-0.2, -0.15) is 0 Å². The molecule has 0 radical (unpaired) electrons. The van der Waals surface area contributed by atoms with Crippen LogP contribution in [0.1, 0.15) is 27.7 Å². The van der Waals surface area contributed by atoms with E-state index in [1.807, 2.05) is 24.4 Å². The van der Waals surface area contributed by atoms with Crippen LogP contribution in [0, 0.1) is 6.92 Å². The van der Waals surface area contributed by atoms with E-state index in [4.69, 9.17) is 9.47 Å². The number of carbonyl (C=O) groups is 2. The van der Waals surface area contributed by atoms with Crippen molar-refractivity contribution in [2.24, 2.45) is 0 Å². The van der Waals surface area contributed by atoms with Crippen molar-refractivity contribution in [1.82, 2.24) is 5.32 Å². The summed E-state index contributed by atoms with van der Waals surface area (Å²) in [6, 6.07) is 8.88. The van der Waals surface area contributed by atoms with Crippen LogP contribution in [0.15, 0.2) is 35.7 Å². The van der Waals surface area contributed by atoms with Crippen molar-refractivity contribution in [3.8, 4) is 5.75 Å². The quantitative estimate of drug-likeness (QED) is 0.826. The summed E-state index contributed by atoms with van der Waals surface area (Å²) in [5.74, 6) is -0.276. The fourth-order valence-corrected chi connectivity index (χ4v) is 2.60. The molecule has 0 saturated heterocycles. The molecule has 122 valence electrons. The van der Waals surface area contributed by atoms with Crippen LogP contribution in [0.25, 0.3) is 0 Å². The summed E-state index contributed by atoms with van der Waals surface area (Å²) < 4.78 is 10.4. The second-order valence-electron chi connectivity index (χ2n) is 5.03. The maximum Gasteiger partial charge on any atom is 0.339 e. The molecule has 2 aromatic rings. The molecule has 0 aliphatic heterocycles. The van der Waals surface area contributed by atoms with Crippen LogP contribution in [0.2, 0.25) is 0 Å². The molecule has 6 heteroatoms. The lowest BCUT2D eigenvalue weighted by Gasteiger charge is -2.14. The molecule has 5 nitrogen and oxygen atoms in total. The van der Waals surface area contributed by atoms with E-state index in [0.29, 0.717) is 17.9 Å². The largest absolute Gasteiger partial charge is 0.496 e. The van der Waals surface area contributed by atoms with Crippen molar-refractivity contribution < 1.29 is 19.1 Å². The van der Waals surface area contributed by atoms with Crippen LogP contribution in [-0.4, -0.2) is 25.1 Å². The monoisotopic (exact) mass is 333 g/mol. The van der Waals surface area contributed by atoms with Gasteiger partial charge < -0.3 is 14.8 Å². The van der Waals surface area contributed by atoms with E-state index in [1.54, 1.807) is 36.5 Å². The van der Waals surface area contributed by atoms with Crippen molar-refractivity contribution in [2.75, 3.05) is 7.11 Å². The van der Waals surface area contributed by atoms with Crippen LogP contribution < -0.4 is 10.1 Å². The summed E-state index contributed by atoms with van der Waals surface area (Å²) in [6.45, 7) is 3.86. The van der Waals surface area contributed by atoms with Gasteiger partial charge in [-0.15, -0.1) is 11.3 Å². The van der Waals surface area contributed by atoms with Gasteiger partial charge in [0, 0.05) is 4.88 Å². The second-order valence-corrected chi connectivity index (χ2v) is 6.06. The van der Waals surface area contributed by atoms with E-state index in [9.17, 15) is 9.59 Å². The zero-order valence-corrected chi connectivity index (χ0v) is 14.1. The van der Waals surface area contributed by atoms with E-state index in [-0.39, 0.29) is 5.91 Å². The molecule has 1 heterocycles. The highest BCUT2D eigenvalue weighted by Gasteiger charge is 2.19. The Bertz CT molecular complexity index is 682. The highest BCUT2D eigenvalue weighted by molar-refractivity contribution is 7.09. The maximum atomic E-state index is 12.1. The lowest BCUT2D eigenvalue weighted by Crippen LogP contribution is -2.35. The van der Waals surface area contributed by atoms with E-state index in [2.05, 4.69) is 5.32 Å². The topological polar surface area (TPSA) is 64.6 Å². The Morgan fingerprint density at radius 3 is 2.74 bits per heavy atom. The Labute approximate surface area is 139 Å². The van der Waals surface area contributed by atoms with Gasteiger partial charge in [0.05, 0.1) is 19.2 Å². The average Bonchev–Trinajstić information content (AvgIpc) is 3.06. The van der Waals surface area contributed by atoms with E-state index in [0.717, 1.165) is 10.4 Å². The first-order valence-corrected chi connectivity index (χ1v) is 8.05. The van der Waals surface area contributed by atoms with E-state index >= 15 is 0 Å². The molecular formula is C17H19NO4S. The van der Waals surface area contributed by atoms with Crippen LogP contribution >= 0.6 is 11.3 Å². The number of hydrogen-bond acceptors (Lipinski definition) is 5. The first-order valence-electron chi connectivity index (χ1n) is 7.17. The summed E-state index contributed by atoms with van der Waals surface area (Å²) in [5, 5.41) is 4.68. The molecular weight excluding hydrogens is 314 g/mol. The molecule has 0 unspecified atom stereocenters. The molecule has 0 saturated carbocycles. The highest BCUT2D eigenvalue weighted by Crippen LogP contribution is 2.19. The molecule has 23 heavy (non-hydrogen) atoms. The van der Waals surface area contributed by atoms with Crippen LogP contribution in [0.4, 0.5) is 0 Å². The number of amides is 1. The molecule has 0 spiro atoms. The Morgan fingerprint density at radius 1 is 1.30 bits per heavy atom. The molecule has 1 aromatic carbocycles. The Hall–Kier alpha value is -2.34. The minimum atomic E-state index is -0.866. The minimum absolute atomic E-state index is 0.328. The van der Waals surface area contributed by atoms with Gasteiger partial charge in [0.2, 0.25) is 0 Å². The first kappa shape index (κ1) is 17.0. The van der Waals surface area contributed by atoms with Gasteiger partial charge in [0.1, 0.15) is 5.75 Å². The summed E-state index contributed by atoms with van der Waals surface area (Å²) in [4.78, 5) is 25.1. The number of thiophene rings is 1. The SMILES string of the molecule is COc1cc(C(=O)O[C@@H](C)C(=O)NCc2cccs2)ccc1C.